The number of hydrogen-bond donors (Lipinski definition) is 1. The molecule has 12 heavy (non-hydrogen) atoms. The predicted octanol–water partition coefficient (Wildman–Crippen LogP) is 1.92. The van der Waals surface area contributed by atoms with Crippen LogP contribution in [0.25, 0.3) is 0 Å². The van der Waals surface area contributed by atoms with Crippen molar-refractivity contribution in [3.05, 3.63) is 29.6 Å². The van der Waals surface area contributed by atoms with Crippen molar-refractivity contribution in [2.45, 2.75) is 25.1 Å². The van der Waals surface area contributed by atoms with Gasteiger partial charge in [0.05, 0.1) is 11.8 Å². The molecule has 1 heterocycles. The van der Waals surface area contributed by atoms with Crippen LogP contribution in [-0.4, -0.2) is 10.1 Å². The molecule has 0 spiro atoms. The Morgan fingerprint density at radius 3 is 3.08 bits per heavy atom. The summed E-state index contributed by atoms with van der Waals surface area (Å²) in [4.78, 5) is 3.96. The molecular formula is C9H10FNO. The van der Waals surface area contributed by atoms with Crippen LogP contribution in [0.15, 0.2) is 18.3 Å². The van der Waals surface area contributed by atoms with Gasteiger partial charge in [0.15, 0.2) is 0 Å². The maximum absolute atomic E-state index is 13.2. The Balaban J connectivity index is 2.47. The van der Waals surface area contributed by atoms with Crippen LogP contribution in [0.5, 0.6) is 0 Å². The molecule has 0 amide bonds. The van der Waals surface area contributed by atoms with Gasteiger partial charge in [0.1, 0.15) is 6.17 Å². The van der Waals surface area contributed by atoms with Crippen molar-refractivity contribution in [3.63, 3.8) is 0 Å². The van der Waals surface area contributed by atoms with Gasteiger partial charge in [-0.2, -0.15) is 0 Å². The SMILES string of the molecule is OC1CC[C@H](F)c2cccnc21. The molecule has 0 saturated heterocycles. The first kappa shape index (κ1) is 7.68. The fourth-order valence-electron chi connectivity index (χ4n) is 1.57. The van der Waals surface area contributed by atoms with E-state index in [4.69, 9.17) is 0 Å². The van der Waals surface area contributed by atoms with E-state index in [1.807, 2.05) is 0 Å². The summed E-state index contributed by atoms with van der Waals surface area (Å²) in [5.41, 5.74) is 1.06. The Kier molecular flexibility index (Phi) is 1.81. The van der Waals surface area contributed by atoms with E-state index in [2.05, 4.69) is 4.98 Å². The highest BCUT2D eigenvalue weighted by molar-refractivity contribution is 5.26. The molecule has 1 unspecified atom stereocenters. The predicted molar refractivity (Wildman–Crippen MR) is 42.3 cm³/mol. The molecule has 1 N–H and O–H groups in total. The van der Waals surface area contributed by atoms with E-state index in [1.165, 1.54) is 0 Å². The molecule has 0 aliphatic heterocycles. The number of aromatic nitrogens is 1. The lowest BCUT2D eigenvalue weighted by atomic mass is 9.92. The summed E-state index contributed by atoms with van der Waals surface area (Å²) < 4.78 is 13.2. The van der Waals surface area contributed by atoms with E-state index in [0.29, 0.717) is 24.1 Å². The van der Waals surface area contributed by atoms with Crippen molar-refractivity contribution in [1.29, 1.82) is 0 Å². The Labute approximate surface area is 70.1 Å². The number of fused-ring (bicyclic) bond motifs is 1. The van der Waals surface area contributed by atoms with Crippen molar-refractivity contribution in [1.82, 2.24) is 4.98 Å². The summed E-state index contributed by atoms with van der Waals surface area (Å²) in [5, 5.41) is 9.45. The number of aliphatic hydroxyl groups is 1. The van der Waals surface area contributed by atoms with Crippen molar-refractivity contribution in [2.75, 3.05) is 0 Å². The third kappa shape index (κ3) is 1.10. The third-order valence-electron chi connectivity index (χ3n) is 2.22. The number of nitrogens with zero attached hydrogens (tertiary/aromatic N) is 1. The summed E-state index contributed by atoms with van der Waals surface area (Å²) in [6.45, 7) is 0. The topological polar surface area (TPSA) is 33.1 Å². The Bertz CT molecular complexity index is 261. The molecule has 1 aromatic heterocycles. The second kappa shape index (κ2) is 2.83. The van der Waals surface area contributed by atoms with Gasteiger partial charge in [-0.25, -0.2) is 4.39 Å². The highest BCUT2D eigenvalue weighted by Gasteiger charge is 2.26. The minimum Gasteiger partial charge on any atom is -0.387 e. The van der Waals surface area contributed by atoms with E-state index in [0.717, 1.165) is 0 Å². The molecule has 64 valence electrons. The molecule has 2 rings (SSSR count). The Morgan fingerprint density at radius 1 is 1.50 bits per heavy atom. The van der Waals surface area contributed by atoms with E-state index >= 15 is 0 Å². The molecule has 0 fully saturated rings. The van der Waals surface area contributed by atoms with Crippen LogP contribution in [0.2, 0.25) is 0 Å². The number of aliphatic hydroxyl groups excluding tert-OH is 1. The largest absolute Gasteiger partial charge is 0.387 e. The molecule has 1 aliphatic rings. The Morgan fingerprint density at radius 2 is 2.33 bits per heavy atom. The number of pyridine rings is 1. The van der Waals surface area contributed by atoms with Gasteiger partial charge in [0.25, 0.3) is 0 Å². The van der Waals surface area contributed by atoms with Crippen LogP contribution in [0, 0.1) is 0 Å². The molecule has 0 bridgehead atoms. The molecule has 1 aromatic rings. The van der Waals surface area contributed by atoms with Crippen LogP contribution >= 0.6 is 0 Å². The smallest absolute Gasteiger partial charge is 0.127 e. The molecule has 0 aromatic carbocycles. The van der Waals surface area contributed by atoms with Crippen LogP contribution in [-0.2, 0) is 0 Å². The molecule has 2 atom stereocenters. The van der Waals surface area contributed by atoms with Gasteiger partial charge in [-0.05, 0) is 18.9 Å². The van der Waals surface area contributed by atoms with E-state index in [9.17, 15) is 9.50 Å². The molecular weight excluding hydrogens is 157 g/mol. The summed E-state index contributed by atoms with van der Waals surface area (Å²) in [6.07, 6.45) is 0.941. The normalized spacial score (nSPS) is 28.2. The van der Waals surface area contributed by atoms with Crippen molar-refractivity contribution >= 4 is 0 Å². The van der Waals surface area contributed by atoms with Gasteiger partial charge >= 0.3 is 0 Å². The maximum atomic E-state index is 13.2. The zero-order valence-electron chi connectivity index (χ0n) is 6.57. The first-order valence-electron chi connectivity index (χ1n) is 4.06. The quantitative estimate of drug-likeness (QED) is 0.640. The van der Waals surface area contributed by atoms with Crippen molar-refractivity contribution < 1.29 is 9.50 Å². The summed E-state index contributed by atoms with van der Waals surface area (Å²) in [7, 11) is 0. The van der Waals surface area contributed by atoms with Gasteiger partial charge in [-0.1, -0.05) is 6.07 Å². The Hall–Kier alpha value is -0.960. The van der Waals surface area contributed by atoms with E-state index in [-0.39, 0.29) is 0 Å². The van der Waals surface area contributed by atoms with Gasteiger partial charge in [-0.3, -0.25) is 4.98 Å². The molecule has 2 nitrogen and oxygen atoms in total. The number of halogens is 1. The summed E-state index contributed by atoms with van der Waals surface area (Å²) in [6, 6.07) is 3.39. The highest BCUT2D eigenvalue weighted by atomic mass is 19.1. The zero-order chi connectivity index (χ0) is 8.55. The summed E-state index contributed by atoms with van der Waals surface area (Å²) in [5.74, 6) is 0. The van der Waals surface area contributed by atoms with Gasteiger partial charge in [0, 0.05) is 11.8 Å². The lowest BCUT2D eigenvalue weighted by Gasteiger charge is -2.22. The number of rotatable bonds is 0. The molecule has 3 heteroatoms. The highest BCUT2D eigenvalue weighted by Crippen LogP contribution is 2.36. The number of alkyl halides is 1. The maximum Gasteiger partial charge on any atom is 0.127 e. The van der Waals surface area contributed by atoms with E-state index in [1.54, 1.807) is 18.3 Å². The second-order valence-corrected chi connectivity index (χ2v) is 3.04. The van der Waals surface area contributed by atoms with E-state index < -0.39 is 12.3 Å². The monoisotopic (exact) mass is 167 g/mol. The first-order valence-corrected chi connectivity index (χ1v) is 4.06. The van der Waals surface area contributed by atoms with Crippen LogP contribution < -0.4 is 0 Å². The lowest BCUT2D eigenvalue weighted by molar-refractivity contribution is 0.125. The zero-order valence-corrected chi connectivity index (χ0v) is 6.57. The molecule has 0 saturated carbocycles. The van der Waals surface area contributed by atoms with Crippen LogP contribution in [0.3, 0.4) is 0 Å². The van der Waals surface area contributed by atoms with Crippen LogP contribution in [0.4, 0.5) is 4.39 Å². The number of hydrogen-bond acceptors (Lipinski definition) is 2. The van der Waals surface area contributed by atoms with Crippen molar-refractivity contribution in [3.8, 4) is 0 Å². The van der Waals surface area contributed by atoms with Gasteiger partial charge in [0.2, 0.25) is 0 Å². The average molecular weight is 167 g/mol. The van der Waals surface area contributed by atoms with Crippen LogP contribution in [0.1, 0.15) is 36.4 Å². The molecule has 0 radical (unpaired) electrons. The molecule has 1 aliphatic carbocycles. The van der Waals surface area contributed by atoms with Gasteiger partial charge < -0.3 is 5.11 Å². The first-order chi connectivity index (χ1) is 5.79. The lowest BCUT2D eigenvalue weighted by Crippen LogP contribution is -2.13. The van der Waals surface area contributed by atoms with Gasteiger partial charge in [-0.15, -0.1) is 0 Å². The second-order valence-electron chi connectivity index (χ2n) is 3.04. The minimum absolute atomic E-state index is 0.403. The summed E-state index contributed by atoms with van der Waals surface area (Å²) >= 11 is 0. The fraction of sp³-hybridized carbons (Fsp3) is 0.444. The minimum atomic E-state index is -0.947. The van der Waals surface area contributed by atoms with Crippen molar-refractivity contribution in [2.24, 2.45) is 0 Å². The fourth-order valence-corrected chi connectivity index (χ4v) is 1.57. The standard InChI is InChI=1S/C9H10FNO/c10-7-3-4-8(12)9-6(7)2-1-5-11-9/h1-2,5,7-8,12H,3-4H2/t7-,8?/m0/s1. The average Bonchev–Trinajstić information content (AvgIpc) is 2.12. The third-order valence-corrected chi connectivity index (χ3v) is 2.22.